The smallest absolute Gasteiger partial charge is 0.274 e. The molecule has 4 rings (SSSR count). The van der Waals surface area contributed by atoms with Crippen molar-refractivity contribution in [3.63, 3.8) is 0 Å². The Morgan fingerprint density at radius 1 is 1.08 bits per heavy atom. The molecule has 0 aliphatic carbocycles. The lowest BCUT2D eigenvalue weighted by atomic mass is 10.1. The minimum absolute atomic E-state index is 0.0697. The Morgan fingerprint density at radius 3 is 2.77 bits per heavy atom. The van der Waals surface area contributed by atoms with Crippen LogP contribution in [0.5, 0.6) is 5.88 Å². The molecule has 2 aromatic heterocycles. The standard InChI is InChI=1S/C18H22N6O2/c25-18(15-11-19-5-6-20-15)24-9-4-14(12-24)26-17-10-16(21-13-22-17)23-7-2-1-3-8-23/h5-6,10-11,13-14H,1-4,7-9,12H2/t14-/m1/s1. The van der Waals surface area contributed by atoms with Gasteiger partial charge in [-0.15, -0.1) is 0 Å². The van der Waals surface area contributed by atoms with Crippen LogP contribution in [0.2, 0.25) is 0 Å². The van der Waals surface area contributed by atoms with Crippen LogP contribution in [-0.2, 0) is 0 Å². The maximum atomic E-state index is 12.4. The maximum Gasteiger partial charge on any atom is 0.274 e. The second kappa shape index (κ2) is 7.63. The van der Waals surface area contributed by atoms with Crippen LogP contribution in [0, 0.1) is 0 Å². The molecule has 0 unspecified atom stereocenters. The lowest BCUT2D eigenvalue weighted by molar-refractivity contribution is 0.0765. The van der Waals surface area contributed by atoms with E-state index in [9.17, 15) is 4.79 Å². The van der Waals surface area contributed by atoms with Gasteiger partial charge in [-0.25, -0.2) is 15.0 Å². The zero-order valence-electron chi connectivity index (χ0n) is 14.6. The van der Waals surface area contributed by atoms with Gasteiger partial charge in [0.15, 0.2) is 0 Å². The van der Waals surface area contributed by atoms with Crippen LogP contribution in [0.3, 0.4) is 0 Å². The molecule has 0 bridgehead atoms. The summed E-state index contributed by atoms with van der Waals surface area (Å²) in [5.74, 6) is 1.38. The van der Waals surface area contributed by atoms with E-state index in [1.807, 2.05) is 6.07 Å². The molecule has 1 amide bonds. The first kappa shape index (κ1) is 16.7. The third-order valence-corrected chi connectivity index (χ3v) is 4.81. The molecule has 8 nitrogen and oxygen atoms in total. The Morgan fingerprint density at radius 2 is 1.96 bits per heavy atom. The number of hydrogen-bond acceptors (Lipinski definition) is 7. The predicted molar refractivity (Wildman–Crippen MR) is 95.1 cm³/mol. The minimum Gasteiger partial charge on any atom is -0.472 e. The predicted octanol–water partition coefficient (Wildman–Crippen LogP) is 1.55. The molecule has 2 saturated heterocycles. The highest BCUT2D eigenvalue weighted by Gasteiger charge is 2.29. The van der Waals surface area contributed by atoms with Crippen LogP contribution in [0.1, 0.15) is 36.2 Å². The highest BCUT2D eigenvalue weighted by Crippen LogP contribution is 2.23. The fourth-order valence-corrected chi connectivity index (χ4v) is 3.44. The zero-order chi connectivity index (χ0) is 17.8. The second-order valence-electron chi connectivity index (χ2n) is 6.63. The molecule has 0 saturated carbocycles. The molecule has 2 aromatic rings. The van der Waals surface area contributed by atoms with Crippen molar-refractivity contribution in [2.24, 2.45) is 0 Å². The van der Waals surface area contributed by atoms with Gasteiger partial charge in [0.2, 0.25) is 5.88 Å². The lowest BCUT2D eigenvalue weighted by Crippen LogP contribution is -2.32. The van der Waals surface area contributed by atoms with E-state index in [0.717, 1.165) is 25.3 Å². The molecule has 2 aliphatic rings. The second-order valence-corrected chi connectivity index (χ2v) is 6.63. The molecular weight excluding hydrogens is 332 g/mol. The molecule has 0 aromatic carbocycles. The van der Waals surface area contributed by atoms with Crippen molar-refractivity contribution in [2.75, 3.05) is 31.1 Å². The first-order valence-corrected chi connectivity index (χ1v) is 9.08. The number of aromatic nitrogens is 4. The van der Waals surface area contributed by atoms with Crippen molar-refractivity contribution in [1.82, 2.24) is 24.8 Å². The number of hydrogen-bond donors (Lipinski definition) is 0. The van der Waals surface area contributed by atoms with Crippen LogP contribution < -0.4 is 9.64 Å². The summed E-state index contributed by atoms with van der Waals surface area (Å²) in [7, 11) is 0. The molecule has 1 atom stereocenters. The van der Waals surface area contributed by atoms with Crippen LogP contribution in [-0.4, -0.2) is 63.0 Å². The van der Waals surface area contributed by atoms with Gasteiger partial charge < -0.3 is 14.5 Å². The average molecular weight is 354 g/mol. The molecule has 8 heteroatoms. The highest BCUT2D eigenvalue weighted by atomic mass is 16.5. The molecular formula is C18H22N6O2. The Labute approximate surface area is 152 Å². The number of amides is 1. The summed E-state index contributed by atoms with van der Waals surface area (Å²) in [6.07, 6.45) is 10.5. The molecule has 136 valence electrons. The van der Waals surface area contributed by atoms with Gasteiger partial charge >= 0.3 is 0 Å². The Hall–Kier alpha value is -2.77. The van der Waals surface area contributed by atoms with Gasteiger partial charge in [-0.2, -0.15) is 0 Å². The molecule has 2 aliphatic heterocycles. The number of nitrogens with zero attached hydrogens (tertiary/aromatic N) is 6. The summed E-state index contributed by atoms with van der Waals surface area (Å²) in [5.41, 5.74) is 0.363. The fourth-order valence-electron chi connectivity index (χ4n) is 3.44. The largest absolute Gasteiger partial charge is 0.472 e. The first-order valence-electron chi connectivity index (χ1n) is 9.08. The monoisotopic (exact) mass is 354 g/mol. The van der Waals surface area contributed by atoms with Crippen LogP contribution >= 0.6 is 0 Å². The van der Waals surface area contributed by atoms with E-state index < -0.39 is 0 Å². The number of ether oxygens (including phenoxy) is 1. The number of carbonyl (C=O) groups is 1. The summed E-state index contributed by atoms with van der Waals surface area (Å²) in [4.78, 5) is 33.1. The summed E-state index contributed by atoms with van der Waals surface area (Å²) in [6.45, 7) is 3.23. The van der Waals surface area contributed by atoms with E-state index in [0.29, 0.717) is 24.7 Å². The number of rotatable bonds is 4. The van der Waals surface area contributed by atoms with E-state index in [2.05, 4.69) is 24.8 Å². The normalized spacial score (nSPS) is 20.2. The van der Waals surface area contributed by atoms with E-state index in [4.69, 9.17) is 4.74 Å². The van der Waals surface area contributed by atoms with Gasteiger partial charge in [0.25, 0.3) is 5.91 Å². The van der Waals surface area contributed by atoms with Crippen molar-refractivity contribution in [2.45, 2.75) is 31.8 Å². The summed E-state index contributed by atoms with van der Waals surface area (Å²) in [5, 5.41) is 0. The van der Waals surface area contributed by atoms with Crippen molar-refractivity contribution in [1.29, 1.82) is 0 Å². The molecule has 0 spiro atoms. The van der Waals surface area contributed by atoms with Gasteiger partial charge in [-0.05, 0) is 19.3 Å². The van der Waals surface area contributed by atoms with Gasteiger partial charge in [-0.3, -0.25) is 9.78 Å². The van der Waals surface area contributed by atoms with Gasteiger partial charge in [0, 0.05) is 44.5 Å². The van der Waals surface area contributed by atoms with E-state index in [-0.39, 0.29) is 12.0 Å². The minimum atomic E-state index is -0.110. The SMILES string of the molecule is O=C(c1cnccn1)N1CC[C@@H](Oc2cc(N3CCCCC3)ncn2)C1. The molecule has 0 N–H and O–H groups in total. The quantitative estimate of drug-likeness (QED) is 0.823. The van der Waals surface area contributed by atoms with Crippen LogP contribution in [0.4, 0.5) is 5.82 Å². The van der Waals surface area contributed by atoms with E-state index in [1.165, 1.54) is 31.7 Å². The zero-order valence-corrected chi connectivity index (χ0v) is 14.6. The van der Waals surface area contributed by atoms with E-state index in [1.54, 1.807) is 17.4 Å². The Bertz CT molecular complexity index is 750. The molecule has 4 heterocycles. The lowest BCUT2D eigenvalue weighted by Gasteiger charge is -2.27. The summed E-state index contributed by atoms with van der Waals surface area (Å²) < 4.78 is 6.02. The highest BCUT2D eigenvalue weighted by molar-refractivity contribution is 5.92. The third-order valence-electron chi connectivity index (χ3n) is 4.81. The summed E-state index contributed by atoms with van der Waals surface area (Å²) in [6, 6.07) is 1.90. The average Bonchev–Trinajstić information content (AvgIpc) is 3.17. The van der Waals surface area contributed by atoms with E-state index >= 15 is 0 Å². The maximum absolute atomic E-state index is 12.4. The fraction of sp³-hybridized carbons (Fsp3) is 0.500. The number of likely N-dealkylation sites (tertiary alicyclic amines) is 1. The molecule has 26 heavy (non-hydrogen) atoms. The van der Waals surface area contributed by atoms with Crippen molar-refractivity contribution >= 4 is 11.7 Å². The van der Waals surface area contributed by atoms with Crippen LogP contribution in [0.15, 0.2) is 31.0 Å². The third kappa shape index (κ3) is 3.74. The van der Waals surface area contributed by atoms with Crippen LogP contribution in [0.25, 0.3) is 0 Å². The Balaban J connectivity index is 1.37. The Kier molecular flexibility index (Phi) is 4.90. The number of piperidine rings is 1. The van der Waals surface area contributed by atoms with Gasteiger partial charge in [-0.1, -0.05) is 0 Å². The van der Waals surface area contributed by atoms with Crippen molar-refractivity contribution in [3.05, 3.63) is 36.7 Å². The summed E-state index contributed by atoms with van der Waals surface area (Å²) >= 11 is 0. The number of anilines is 1. The number of carbonyl (C=O) groups excluding carboxylic acids is 1. The topological polar surface area (TPSA) is 84.3 Å². The first-order chi connectivity index (χ1) is 12.8. The molecule has 0 radical (unpaired) electrons. The molecule has 2 fully saturated rings. The van der Waals surface area contributed by atoms with Gasteiger partial charge in [0.05, 0.1) is 12.7 Å². The van der Waals surface area contributed by atoms with Crippen molar-refractivity contribution < 1.29 is 9.53 Å². The van der Waals surface area contributed by atoms with Gasteiger partial charge in [0.1, 0.15) is 23.9 Å². The van der Waals surface area contributed by atoms with Crippen molar-refractivity contribution in [3.8, 4) is 5.88 Å².